The maximum atomic E-state index is 12.5. The summed E-state index contributed by atoms with van der Waals surface area (Å²) in [4.78, 5) is 0. The van der Waals surface area contributed by atoms with Gasteiger partial charge in [0, 0.05) is 12.5 Å². The highest BCUT2D eigenvalue weighted by molar-refractivity contribution is 5.28. The van der Waals surface area contributed by atoms with Crippen molar-refractivity contribution in [3.8, 4) is 0 Å². The summed E-state index contributed by atoms with van der Waals surface area (Å²) < 4.78 is 24.9. The fraction of sp³-hybridized carbons (Fsp3) is 0.250. The second-order valence-electron chi connectivity index (χ2n) is 2.33. The standard InChI is InChI=1S/C8H8F2/c1-6-2-3-7(9)5-8(10)4-6/h2-3,5H,4H2,1H3. The first kappa shape index (κ1) is 7.19. The van der Waals surface area contributed by atoms with E-state index < -0.39 is 11.7 Å². The molecule has 10 heavy (non-hydrogen) atoms. The summed E-state index contributed by atoms with van der Waals surface area (Å²) in [6, 6.07) is 0. The number of rotatable bonds is 0. The van der Waals surface area contributed by atoms with Crippen LogP contribution in [0.3, 0.4) is 0 Å². The molecule has 1 rings (SSSR count). The summed E-state index contributed by atoms with van der Waals surface area (Å²) in [6.07, 6.45) is 3.98. The van der Waals surface area contributed by atoms with Crippen molar-refractivity contribution in [1.29, 1.82) is 0 Å². The Morgan fingerprint density at radius 2 is 2.00 bits per heavy atom. The highest BCUT2D eigenvalue weighted by Crippen LogP contribution is 2.18. The molecule has 0 N–H and O–H groups in total. The molecule has 0 saturated carbocycles. The third kappa shape index (κ3) is 1.79. The number of halogens is 2. The number of hydrogen-bond acceptors (Lipinski definition) is 0. The van der Waals surface area contributed by atoms with Crippen molar-refractivity contribution in [2.75, 3.05) is 0 Å². The molecule has 0 aromatic heterocycles. The van der Waals surface area contributed by atoms with Crippen LogP contribution < -0.4 is 0 Å². The van der Waals surface area contributed by atoms with Gasteiger partial charge in [0.1, 0.15) is 11.7 Å². The van der Waals surface area contributed by atoms with Gasteiger partial charge >= 0.3 is 0 Å². The van der Waals surface area contributed by atoms with Gasteiger partial charge in [0.25, 0.3) is 0 Å². The van der Waals surface area contributed by atoms with Crippen LogP contribution in [0.2, 0.25) is 0 Å². The van der Waals surface area contributed by atoms with E-state index in [2.05, 4.69) is 0 Å². The van der Waals surface area contributed by atoms with Crippen LogP contribution in [0.15, 0.2) is 35.5 Å². The Labute approximate surface area is 58.6 Å². The summed E-state index contributed by atoms with van der Waals surface area (Å²) in [7, 11) is 0. The van der Waals surface area contributed by atoms with E-state index in [1.165, 1.54) is 6.08 Å². The van der Waals surface area contributed by atoms with Crippen molar-refractivity contribution in [2.45, 2.75) is 13.3 Å². The molecule has 0 spiro atoms. The predicted molar refractivity (Wildman–Crippen MR) is 36.8 cm³/mol. The van der Waals surface area contributed by atoms with Crippen molar-refractivity contribution in [3.63, 3.8) is 0 Å². The van der Waals surface area contributed by atoms with Gasteiger partial charge in [0.15, 0.2) is 0 Å². The quantitative estimate of drug-likeness (QED) is 0.487. The lowest BCUT2D eigenvalue weighted by atomic mass is 10.2. The van der Waals surface area contributed by atoms with Gasteiger partial charge in [0.05, 0.1) is 0 Å². The van der Waals surface area contributed by atoms with Crippen LogP contribution in [0.5, 0.6) is 0 Å². The number of allylic oxidation sites excluding steroid dienone is 6. The van der Waals surface area contributed by atoms with Gasteiger partial charge in [-0.15, -0.1) is 0 Å². The predicted octanol–water partition coefficient (Wildman–Crippen LogP) is 3.04. The maximum absolute atomic E-state index is 12.5. The minimum absolute atomic E-state index is 0.226. The van der Waals surface area contributed by atoms with Crippen LogP contribution in [0, 0.1) is 0 Å². The smallest absolute Gasteiger partial charge is 0.125 e. The summed E-state index contributed by atoms with van der Waals surface area (Å²) in [6.45, 7) is 1.77. The van der Waals surface area contributed by atoms with Gasteiger partial charge < -0.3 is 0 Å². The van der Waals surface area contributed by atoms with Gasteiger partial charge in [0.2, 0.25) is 0 Å². The largest absolute Gasteiger partial charge is 0.211 e. The Hall–Kier alpha value is -0.920. The van der Waals surface area contributed by atoms with Gasteiger partial charge in [-0.1, -0.05) is 11.6 Å². The lowest BCUT2D eigenvalue weighted by Gasteiger charge is -1.92. The Morgan fingerprint density at radius 3 is 2.70 bits per heavy atom. The van der Waals surface area contributed by atoms with Gasteiger partial charge in [-0.2, -0.15) is 0 Å². The van der Waals surface area contributed by atoms with E-state index in [1.54, 1.807) is 13.0 Å². The molecule has 0 unspecified atom stereocenters. The fourth-order valence-electron chi connectivity index (χ4n) is 0.796. The summed E-state index contributed by atoms with van der Waals surface area (Å²) in [5.41, 5.74) is 0.835. The van der Waals surface area contributed by atoms with Crippen molar-refractivity contribution < 1.29 is 8.78 Å². The maximum Gasteiger partial charge on any atom is 0.125 e. The average Bonchev–Trinajstić information content (AvgIpc) is 1.93. The summed E-state index contributed by atoms with van der Waals surface area (Å²) in [5, 5.41) is 0. The van der Waals surface area contributed by atoms with Crippen molar-refractivity contribution in [1.82, 2.24) is 0 Å². The second kappa shape index (κ2) is 2.78. The molecule has 0 nitrogen and oxygen atoms in total. The van der Waals surface area contributed by atoms with Crippen LogP contribution >= 0.6 is 0 Å². The molecule has 0 atom stereocenters. The SMILES string of the molecule is CC1=CC=C(F)C=C(F)C1. The van der Waals surface area contributed by atoms with Crippen molar-refractivity contribution in [2.24, 2.45) is 0 Å². The van der Waals surface area contributed by atoms with E-state index in [0.29, 0.717) is 0 Å². The molecular weight excluding hydrogens is 134 g/mol. The molecule has 0 heterocycles. The van der Waals surface area contributed by atoms with Crippen LogP contribution in [0.4, 0.5) is 8.78 Å². The Kier molecular flexibility index (Phi) is 2.00. The molecule has 0 aliphatic heterocycles. The Morgan fingerprint density at radius 1 is 1.30 bits per heavy atom. The molecule has 54 valence electrons. The van der Waals surface area contributed by atoms with Gasteiger partial charge in [-0.05, 0) is 13.0 Å². The van der Waals surface area contributed by atoms with E-state index in [4.69, 9.17) is 0 Å². The number of hydrogen-bond donors (Lipinski definition) is 0. The lowest BCUT2D eigenvalue weighted by Crippen LogP contribution is -1.74. The Balaban J connectivity index is 2.90. The van der Waals surface area contributed by atoms with Crippen LogP contribution in [0.1, 0.15) is 13.3 Å². The first-order valence-corrected chi connectivity index (χ1v) is 3.07. The van der Waals surface area contributed by atoms with Crippen LogP contribution in [0.25, 0.3) is 0 Å². The molecule has 0 fully saturated rings. The monoisotopic (exact) mass is 142 g/mol. The average molecular weight is 142 g/mol. The molecule has 1 aliphatic carbocycles. The summed E-state index contributed by atoms with van der Waals surface area (Å²) in [5.74, 6) is -0.936. The minimum atomic E-state index is -0.519. The molecule has 0 aromatic carbocycles. The van der Waals surface area contributed by atoms with E-state index in [-0.39, 0.29) is 6.42 Å². The van der Waals surface area contributed by atoms with Crippen molar-refractivity contribution >= 4 is 0 Å². The van der Waals surface area contributed by atoms with E-state index in [0.717, 1.165) is 11.6 Å². The van der Waals surface area contributed by atoms with E-state index in [1.807, 2.05) is 0 Å². The topological polar surface area (TPSA) is 0 Å². The third-order valence-electron chi connectivity index (χ3n) is 1.27. The van der Waals surface area contributed by atoms with Gasteiger partial charge in [-0.3, -0.25) is 0 Å². The first-order chi connectivity index (χ1) is 4.68. The van der Waals surface area contributed by atoms with Crippen LogP contribution in [-0.4, -0.2) is 0 Å². The second-order valence-corrected chi connectivity index (χ2v) is 2.33. The molecule has 0 radical (unpaired) electrons. The normalized spacial score (nSPS) is 18.9. The summed E-state index contributed by atoms with van der Waals surface area (Å²) >= 11 is 0. The fourth-order valence-corrected chi connectivity index (χ4v) is 0.796. The highest BCUT2D eigenvalue weighted by Gasteiger charge is 2.01. The lowest BCUT2D eigenvalue weighted by molar-refractivity contribution is 0.595. The molecule has 0 bridgehead atoms. The Bertz CT molecular complexity index is 221. The molecular formula is C8H8F2. The zero-order chi connectivity index (χ0) is 7.56. The van der Waals surface area contributed by atoms with E-state index in [9.17, 15) is 8.78 Å². The van der Waals surface area contributed by atoms with E-state index >= 15 is 0 Å². The zero-order valence-corrected chi connectivity index (χ0v) is 5.70. The van der Waals surface area contributed by atoms with Crippen molar-refractivity contribution in [3.05, 3.63) is 35.5 Å². The van der Waals surface area contributed by atoms with Gasteiger partial charge in [-0.25, -0.2) is 8.78 Å². The molecule has 2 heteroatoms. The molecule has 0 saturated heterocycles. The third-order valence-corrected chi connectivity index (χ3v) is 1.27. The minimum Gasteiger partial charge on any atom is -0.211 e. The molecule has 0 aromatic rings. The first-order valence-electron chi connectivity index (χ1n) is 3.07. The zero-order valence-electron chi connectivity index (χ0n) is 5.70. The molecule has 0 amide bonds. The van der Waals surface area contributed by atoms with Crippen LogP contribution in [-0.2, 0) is 0 Å². The molecule has 1 aliphatic rings. The highest BCUT2D eigenvalue weighted by atomic mass is 19.1.